The summed E-state index contributed by atoms with van der Waals surface area (Å²) in [5, 5.41) is 2.62. The number of hydrogen-bond donors (Lipinski definition) is 1. The maximum absolute atomic E-state index is 13.9. The topological polar surface area (TPSA) is 56.1 Å². The van der Waals surface area contributed by atoms with Crippen molar-refractivity contribution >= 4 is 6.09 Å². The highest BCUT2D eigenvalue weighted by Gasteiger charge is 2.16. The first-order chi connectivity index (χ1) is 10.8. The second kappa shape index (κ2) is 6.76. The van der Waals surface area contributed by atoms with E-state index >= 15 is 0 Å². The highest BCUT2D eigenvalue weighted by Crippen LogP contribution is 2.17. The molecule has 0 aliphatic carbocycles. The molecule has 0 atom stereocenters. The summed E-state index contributed by atoms with van der Waals surface area (Å²) >= 11 is 0. The van der Waals surface area contributed by atoms with Gasteiger partial charge >= 0.3 is 6.09 Å². The van der Waals surface area contributed by atoms with E-state index in [1.54, 1.807) is 27.0 Å². The molecule has 1 aromatic heterocycles. The maximum Gasteiger partial charge on any atom is 0.407 e. The van der Waals surface area contributed by atoms with Gasteiger partial charge in [-0.2, -0.15) is 0 Å². The molecular formula is C16H19F2N3O2. The Balaban J connectivity index is 2.01. The van der Waals surface area contributed by atoms with Crippen LogP contribution in [0, 0.1) is 11.6 Å². The molecule has 0 radical (unpaired) electrons. The molecule has 2 aromatic rings. The van der Waals surface area contributed by atoms with Gasteiger partial charge in [0, 0.05) is 30.9 Å². The lowest BCUT2D eigenvalue weighted by Gasteiger charge is -2.19. The Morgan fingerprint density at radius 1 is 1.35 bits per heavy atom. The second-order valence-corrected chi connectivity index (χ2v) is 6.03. The molecule has 0 spiro atoms. The zero-order valence-corrected chi connectivity index (χ0v) is 13.3. The Morgan fingerprint density at radius 3 is 2.74 bits per heavy atom. The molecule has 2 rings (SSSR count). The van der Waals surface area contributed by atoms with E-state index in [2.05, 4.69) is 10.3 Å². The van der Waals surface area contributed by atoms with Crippen LogP contribution in [0.15, 0.2) is 30.7 Å². The molecule has 0 saturated carbocycles. The number of aromatic nitrogens is 2. The van der Waals surface area contributed by atoms with Crippen molar-refractivity contribution in [2.24, 2.45) is 0 Å². The third-order valence-electron chi connectivity index (χ3n) is 2.93. The largest absolute Gasteiger partial charge is 0.444 e. The number of nitrogens with zero attached hydrogens (tertiary/aromatic N) is 2. The van der Waals surface area contributed by atoms with Crippen molar-refractivity contribution in [1.82, 2.24) is 14.9 Å². The van der Waals surface area contributed by atoms with Crippen molar-refractivity contribution in [1.29, 1.82) is 0 Å². The third-order valence-corrected chi connectivity index (χ3v) is 2.93. The highest BCUT2D eigenvalue weighted by atomic mass is 19.1. The van der Waals surface area contributed by atoms with E-state index in [1.165, 1.54) is 23.0 Å². The molecule has 0 fully saturated rings. The van der Waals surface area contributed by atoms with E-state index in [1.807, 2.05) is 0 Å². The second-order valence-electron chi connectivity index (χ2n) is 6.03. The molecule has 1 aromatic carbocycles. The average molecular weight is 323 g/mol. The lowest BCUT2D eigenvalue weighted by atomic mass is 10.2. The molecule has 23 heavy (non-hydrogen) atoms. The number of halogens is 2. The fourth-order valence-electron chi connectivity index (χ4n) is 2.01. The lowest BCUT2D eigenvalue weighted by molar-refractivity contribution is 0.0528. The van der Waals surface area contributed by atoms with Gasteiger partial charge < -0.3 is 14.6 Å². The summed E-state index contributed by atoms with van der Waals surface area (Å²) in [6.45, 7) is 5.64. The van der Waals surface area contributed by atoms with Gasteiger partial charge in [0.1, 0.15) is 17.2 Å². The Morgan fingerprint density at radius 2 is 2.09 bits per heavy atom. The molecule has 0 saturated heterocycles. The van der Waals surface area contributed by atoms with Gasteiger partial charge in [-0.05, 0) is 32.9 Å². The molecule has 1 heterocycles. The smallest absolute Gasteiger partial charge is 0.407 e. The van der Waals surface area contributed by atoms with Crippen LogP contribution in [0.25, 0.3) is 5.69 Å². The number of imidazole rings is 1. The Labute approximate surface area is 133 Å². The lowest BCUT2D eigenvalue weighted by Crippen LogP contribution is -2.33. The number of alkyl carbamates (subject to hydrolysis) is 1. The van der Waals surface area contributed by atoms with Crippen LogP contribution in [-0.4, -0.2) is 27.8 Å². The Hall–Kier alpha value is -2.44. The summed E-state index contributed by atoms with van der Waals surface area (Å²) in [5.74, 6) is -1.32. The summed E-state index contributed by atoms with van der Waals surface area (Å²) in [7, 11) is 0. The fourth-order valence-corrected chi connectivity index (χ4v) is 2.01. The zero-order chi connectivity index (χ0) is 17.0. The molecule has 5 nitrogen and oxygen atoms in total. The number of benzene rings is 1. The maximum atomic E-state index is 13.9. The SMILES string of the molecule is CC(C)(C)OC(=O)NCCc1cncn1-c1ccc(F)cc1F. The van der Waals surface area contributed by atoms with Crippen molar-refractivity contribution in [3.05, 3.63) is 48.1 Å². The predicted molar refractivity (Wildman–Crippen MR) is 81.4 cm³/mol. The number of carbonyl (C=O) groups excluding carboxylic acids is 1. The van der Waals surface area contributed by atoms with Gasteiger partial charge in [-0.25, -0.2) is 18.6 Å². The minimum atomic E-state index is -0.677. The van der Waals surface area contributed by atoms with Crippen LogP contribution in [-0.2, 0) is 11.2 Å². The summed E-state index contributed by atoms with van der Waals surface area (Å²) in [6, 6.07) is 3.34. The van der Waals surface area contributed by atoms with Crippen molar-refractivity contribution in [2.45, 2.75) is 32.8 Å². The van der Waals surface area contributed by atoms with Crippen LogP contribution in [0.2, 0.25) is 0 Å². The van der Waals surface area contributed by atoms with E-state index in [9.17, 15) is 13.6 Å². The molecule has 0 aliphatic heterocycles. The number of nitrogens with one attached hydrogen (secondary N) is 1. The third kappa shape index (κ3) is 4.77. The first-order valence-corrected chi connectivity index (χ1v) is 7.20. The first kappa shape index (κ1) is 16.9. The molecule has 124 valence electrons. The molecule has 1 N–H and O–H groups in total. The van der Waals surface area contributed by atoms with Crippen molar-refractivity contribution in [3.63, 3.8) is 0 Å². The van der Waals surface area contributed by atoms with Gasteiger partial charge in [-0.15, -0.1) is 0 Å². The van der Waals surface area contributed by atoms with Crippen molar-refractivity contribution < 1.29 is 18.3 Å². The summed E-state index contributed by atoms with van der Waals surface area (Å²) < 4.78 is 33.5. The van der Waals surface area contributed by atoms with Gasteiger partial charge in [-0.3, -0.25) is 0 Å². The van der Waals surface area contributed by atoms with Gasteiger partial charge in [0.15, 0.2) is 0 Å². The van der Waals surface area contributed by atoms with Crippen LogP contribution in [0.1, 0.15) is 26.5 Å². The van der Waals surface area contributed by atoms with E-state index in [0.717, 1.165) is 6.07 Å². The molecular weight excluding hydrogens is 304 g/mol. The van der Waals surface area contributed by atoms with Crippen molar-refractivity contribution in [3.8, 4) is 5.69 Å². The molecule has 1 amide bonds. The molecule has 0 bridgehead atoms. The number of carbonyl (C=O) groups is 1. The number of amides is 1. The highest BCUT2D eigenvalue weighted by molar-refractivity contribution is 5.67. The van der Waals surface area contributed by atoms with Crippen LogP contribution < -0.4 is 5.32 Å². The fraction of sp³-hybridized carbons (Fsp3) is 0.375. The molecule has 0 unspecified atom stereocenters. The average Bonchev–Trinajstić information content (AvgIpc) is 2.85. The minimum absolute atomic E-state index is 0.205. The van der Waals surface area contributed by atoms with E-state index in [4.69, 9.17) is 4.74 Å². The van der Waals surface area contributed by atoms with Crippen LogP contribution >= 0.6 is 0 Å². The van der Waals surface area contributed by atoms with Crippen molar-refractivity contribution in [2.75, 3.05) is 6.54 Å². The normalized spacial score (nSPS) is 11.3. The van der Waals surface area contributed by atoms with E-state index < -0.39 is 23.3 Å². The summed E-state index contributed by atoms with van der Waals surface area (Å²) in [5.41, 5.74) is 0.325. The standard InChI is InChI=1S/C16H19F2N3O2/c1-16(2,3)23-15(22)20-7-6-12-9-19-10-21(12)14-5-4-11(17)8-13(14)18/h4-5,8-10H,6-7H2,1-3H3,(H,20,22). The van der Waals surface area contributed by atoms with Gasteiger partial charge in [0.25, 0.3) is 0 Å². The summed E-state index contributed by atoms with van der Waals surface area (Å²) in [6.07, 6.45) is 2.92. The molecule has 0 aliphatic rings. The first-order valence-electron chi connectivity index (χ1n) is 7.20. The van der Waals surface area contributed by atoms with Crippen LogP contribution in [0.4, 0.5) is 13.6 Å². The Kier molecular flexibility index (Phi) is 4.98. The number of rotatable bonds is 4. The zero-order valence-electron chi connectivity index (χ0n) is 13.3. The molecule has 7 heteroatoms. The number of hydrogen-bond acceptors (Lipinski definition) is 3. The quantitative estimate of drug-likeness (QED) is 0.940. The predicted octanol–water partition coefficient (Wildman–Crippen LogP) is 3.22. The van der Waals surface area contributed by atoms with Crippen LogP contribution in [0.3, 0.4) is 0 Å². The van der Waals surface area contributed by atoms with Gasteiger partial charge in [0.2, 0.25) is 0 Å². The van der Waals surface area contributed by atoms with Gasteiger partial charge in [0.05, 0.1) is 12.0 Å². The summed E-state index contributed by atoms with van der Waals surface area (Å²) in [4.78, 5) is 15.6. The monoisotopic (exact) mass is 323 g/mol. The van der Waals surface area contributed by atoms with E-state index in [-0.39, 0.29) is 5.69 Å². The van der Waals surface area contributed by atoms with E-state index in [0.29, 0.717) is 18.7 Å². The number of ether oxygens (including phenoxy) is 1. The van der Waals surface area contributed by atoms with Crippen LogP contribution in [0.5, 0.6) is 0 Å². The Bertz CT molecular complexity index is 693. The van der Waals surface area contributed by atoms with Gasteiger partial charge in [-0.1, -0.05) is 0 Å². The minimum Gasteiger partial charge on any atom is -0.444 e.